The molecule has 0 aromatic rings. The standard InChI is InChI=1S/C23H37BrO2/c1-15(13-24)20-6-7-21-19-5-4-16-12-23(25,14-26-3)11-9-17(16)18(19)8-10-22(20,21)2/h16-21,25H,1,4-14H2,2-3H3/t16-,17-,18+,19+,20+,21-,22+,23-/m0/s1. The van der Waals surface area contributed by atoms with Gasteiger partial charge in [-0.2, -0.15) is 0 Å². The number of aliphatic hydroxyl groups is 1. The summed E-state index contributed by atoms with van der Waals surface area (Å²) in [6.07, 6.45) is 11.4. The molecule has 0 aromatic heterocycles. The fourth-order valence-corrected chi connectivity index (χ4v) is 8.52. The molecule has 0 saturated heterocycles. The first-order valence-electron chi connectivity index (χ1n) is 10.9. The van der Waals surface area contributed by atoms with Crippen LogP contribution in [0.2, 0.25) is 0 Å². The van der Waals surface area contributed by atoms with E-state index in [0.29, 0.717) is 12.0 Å². The van der Waals surface area contributed by atoms with Crippen LogP contribution < -0.4 is 0 Å². The minimum absolute atomic E-state index is 0.490. The van der Waals surface area contributed by atoms with E-state index in [2.05, 4.69) is 29.4 Å². The van der Waals surface area contributed by atoms with Crippen LogP contribution in [-0.4, -0.2) is 29.8 Å². The smallest absolute Gasteiger partial charge is 0.0882 e. The average Bonchev–Trinajstić information content (AvgIpc) is 2.98. The van der Waals surface area contributed by atoms with Crippen LogP contribution >= 0.6 is 15.9 Å². The molecule has 4 saturated carbocycles. The second-order valence-electron chi connectivity index (χ2n) is 10.3. The van der Waals surface area contributed by atoms with Crippen LogP contribution in [0.5, 0.6) is 0 Å². The summed E-state index contributed by atoms with van der Waals surface area (Å²) in [5.74, 6) is 5.05. The largest absolute Gasteiger partial charge is 0.387 e. The third kappa shape index (κ3) is 3.05. The molecule has 2 nitrogen and oxygen atoms in total. The number of alkyl halides is 1. The SMILES string of the molecule is C=C(CBr)[C@H]1CC[C@H]2[C@@H]3CC[C@H]4C[C@](O)(COC)CC[C@@H]4[C@H]3CC[C@]12C. The number of ether oxygens (including phenoxy) is 1. The van der Waals surface area contributed by atoms with Crippen LogP contribution in [0.1, 0.15) is 64.7 Å². The lowest BCUT2D eigenvalue weighted by molar-refractivity contribution is -0.123. The Balaban J connectivity index is 1.50. The maximum atomic E-state index is 10.9. The first-order chi connectivity index (χ1) is 12.4. The Bertz CT molecular complexity index is 548. The predicted octanol–water partition coefficient (Wildman–Crippen LogP) is 5.58. The van der Waals surface area contributed by atoms with Crippen LogP contribution in [0.3, 0.4) is 0 Å². The third-order valence-electron chi connectivity index (χ3n) is 9.18. The summed E-state index contributed by atoms with van der Waals surface area (Å²) in [5, 5.41) is 11.9. The number of halogens is 1. The van der Waals surface area contributed by atoms with Crippen LogP contribution in [0.15, 0.2) is 12.2 Å². The Morgan fingerprint density at radius 1 is 1.08 bits per heavy atom. The zero-order chi connectivity index (χ0) is 18.5. The van der Waals surface area contributed by atoms with Crippen molar-refractivity contribution in [2.24, 2.45) is 40.9 Å². The molecular weight excluding hydrogens is 388 g/mol. The molecule has 0 unspecified atom stereocenters. The van der Waals surface area contributed by atoms with Gasteiger partial charge < -0.3 is 9.84 Å². The van der Waals surface area contributed by atoms with Crippen LogP contribution in [0.4, 0.5) is 0 Å². The summed E-state index contributed by atoms with van der Waals surface area (Å²) in [4.78, 5) is 0. The molecule has 4 aliphatic rings. The lowest BCUT2D eigenvalue weighted by Crippen LogP contribution is -2.52. The summed E-state index contributed by atoms with van der Waals surface area (Å²) >= 11 is 3.67. The molecule has 0 heterocycles. The van der Waals surface area contributed by atoms with Gasteiger partial charge in [0.15, 0.2) is 0 Å². The normalized spacial score (nSPS) is 50.6. The highest BCUT2D eigenvalue weighted by molar-refractivity contribution is 9.09. The summed E-state index contributed by atoms with van der Waals surface area (Å²) < 4.78 is 5.32. The molecular formula is C23H37BrO2. The van der Waals surface area contributed by atoms with E-state index in [0.717, 1.165) is 53.7 Å². The second-order valence-corrected chi connectivity index (χ2v) is 10.9. The van der Waals surface area contributed by atoms with E-state index in [4.69, 9.17) is 4.74 Å². The quantitative estimate of drug-likeness (QED) is 0.470. The highest BCUT2D eigenvalue weighted by Crippen LogP contribution is 2.65. The van der Waals surface area contributed by atoms with Gasteiger partial charge in [-0.3, -0.25) is 0 Å². The van der Waals surface area contributed by atoms with Gasteiger partial charge >= 0.3 is 0 Å². The Kier molecular flexibility index (Phi) is 5.38. The first-order valence-corrected chi connectivity index (χ1v) is 12.0. The molecule has 4 rings (SSSR count). The maximum absolute atomic E-state index is 10.9. The summed E-state index contributed by atoms with van der Waals surface area (Å²) in [7, 11) is 1.72. The topological polar surface area (TPSA) is 29.5 Å². The van der Waals surface area contributed by atoms with Crippen molar-refractivity contribution in [1.82, 2.24) is 0 Å². The molecule has 26 heavy (non-hydrogen) atoms. The van der Waals surface area contributed by atoms with E-state index in [1.807, 2.05) is 0 Å². The molecule has 3 heteroatoms. The van der Waals surface area contributed by atoms with E-state index in [1.54, 1.807) is 7.11 Å². The van der Waals surface area contributed by atoms with Gasteiger partial charge in [0, 0.05) is 12.4 Å². The zero-order valence-corrected chi connectivity index (χ0v) is 18.3. The first kappa shape index (κ1) is 19.5. The van der Waals surface area contributed by atoms with Crippen molar-refractivity contribution in [3.8, 4) is 0 Å². The van der Waals surface area contributed by atoms with Crippen LogP contribution in [0, 0.1) is 40.9 Å². The molecule has 148 valence electrons. The van der Waals surface area contributed by atoms with Crippen molar-refractivity contribution in [1.29, 1.82) is 0 Å². The van der Waals surface area contributed by atoms with E-state index in [-0.39, 0.29) is 0 Å². The third-order valence-corrected chi connectivity index (χ3v) is 9.90. The van der Waals surface area contributed by atoms with Gasteiger partial charge in [-0.05, 0) is 98.7 Å². The van der Waals surface area contributed by atoms with Crippen molar-refractivity contribution in [2.75, 3.05) is 19.0 Å². The molecule has 0 spiro atoms. The number of fused-ring (bicyclic) bond motifs is 5. The predicted molar refractivity (Wildman–Crippen MR) is 110 cm³/mol. The summed E-state index contributed by atoms with van der Waals surface area (Å²) in [6, 6.07) is 0. The summed E-state index contributed by atoms with van der Waals surface area (Å²) in [5.41, 5.74) is 1.37. The number of rotatable bonds is 4. The number of methoxy groups -OCH3 is 1. The minimum Gasteiger partial charge on any atom is -0.387 e. The van der Waals surface area contributed by atoms with E-state index < -0.39 is 5.60 Å². The molecule has 4 fully saturated rings. The fourth-order valence-electron chi connectivity index (χ4n) is 8.13. The van der Waals surface area contributed by atoms with Gasteiger partial charge in [0.05, 0.1) is 12.2 Å². The Morgan fingerprint density at radius 2 is 1.85 bits per heavy atom. The minimum atomic E-state index is -0.558. The van der Waals surface area contributed by atoms with Gasteiger partial charge in [0.1, 0.15) is 0 Å². The fraction of sp³-hybridized carbons (Fsp3) is 0.913. The van der Waals surface area contributed by atoms with Gasteiger partial charge in [-0.15, -0.1) is 0 Å². The molecule has 0 amide bonds. The molecule has 8 atom stereocenters. The lowest BCUT2D eigenvalue weighted by atomic mass is 9.49. The van der Waals surface area contributed by atoms with E-state index >= 15 is 0 Å². The molecule has 0 aliphatic heterocycles. The highest BCUT2D eigenvalue weighted by atomic mass is 79.9. The van der Waals surface area contributed by atoms with E-state index in [1.165, 1.54) is 50.5 Å². The van der Waals surface area contributed by atoms with Crippen molar-refractivity contribution < 1.29 is 9.84 Å². The van der Waals surface area contributed by atoms with Crippen LogP contribution in [-0.2, 0) is 4.74 Å². The van der Waals surface area contributed by atoms with Crippen molar-refractivity contribution in [3.63, 3.8) is 0 Å². The zero-order valence-electron chi connectivity index (χ0n) is 16.7. The molecule has 0 radical (unpaired) electrons. The monoisotopic (exact) mass is 424 g/mol. The number of allylic oxidation sites excluding steroid dienone is 1. The van der Waals surface area contributed by atoms with Crippen molar-refractivity contribution in [2.45, 2.75) is 70.3 Å². The number of hydrogen-bond acceptors (Lipinski definition) is 2. The maximum Gasteiger partial charge on any atom is 0.0882 e. The lowest BCUT2D eigenvalue weighted by Gasteiger charge is -2.57. The van der Waals surface area contributed by atoms with Gasteiger partial charge in [-0.1, -0.05) is 35.0 Å². The Hall–Kier alpha value is 0.140. The molecule has 4 aliphatic carbocycles. The Labute approximate surface area is 168 Å². The van der Waals surface area contributed by atoms with Gasteiger partial charge in [0.2, 0.25) is 0 Å². The van der Waals surface area contributed by atoms with Crippen LogP contribution in [0.25, 0.3) is 0 Å². The van der Waals surface area contributed by atoms with Crippen molar-refractivity contribution in [3.05, 3.63) is 12.2 Å². The second kappa shape index (κ2) is 7.19. The molecule has 0 bridgehead atoms. The Morgan fingerprint density at radius 3 is 2.58 bits per heavy atom. The number of hydrogen-bond donors (Lipinski definition) is 1. The molecule has 1 N–H and O–H groups in total. The average molecular weight is 425 g/mol. The van der Waals surface area contributed by atoms with E-state index in [9.17, 15) is 5.11 Å². The van der Waals surface area contributed by atoms with Gasteiger partial charge in [0.25, 0.3) is 0 Å². The van der Waals surface area contributed by atoms with Gasteiger partial charge in [-0.25, -0.2) is 0 Å². The summed E-state index contributed by atoms with van der Waals surface area (Å²) in [6.45, 7) is 7.51. The highest BCUT2D eigenvalue weighted by Gasteiger charge is 2.57. The molecule has 0 aromatic carbocycles. The van der Waals surface area contributed by atoms with Crippen molar-refractivity contribution >= 4 is 15.9 Å².